The lowest BCUT2D eigenvalue weighted by Crippen LogP contribution is -2.13. The third kappa shape index (κ3) is 2.98. The molecule has 2 aromatic carbocycles. The van der Waals surface area contributed by atoms with Crippen LogP contribution >= 0.6 is 45.5 Å². The fourth-order valence-corrected chi connectivity index (χ4v) is 3.61. The Labute approximate surface area is 140 Å². The van der Waals surface area contributed by atoms with Crippen LogP contribution in [0.15, 0.2) is 42.5 Å². The van der Waals surface area contributed by atoms with Crippen molar-refractivity contribution in [3.8, 4) is 0 Å². The van der Waals surface area contributed by atoms with Gasteiger partial charge in [0.2, 0.25) is 0 Å². The first-order chi connectivity index (χ1) is 9.63. The minimum absolute atomic E-state index is 0.0786. The number of para-hydroxylation sites is 1. The van der Waals surface area contributed by atoms with Crippen LogP contribution in [0.2, 0.25) is 5.02 Å². The predicted molar refractivity (Wildman–Crippen MR) is 94.4 cm³/mol. The molecule has 1 heterocycles. The number of benzene rings is 2. The molecular weight excluding hydrogens is 403 g/mol. The monoisotopic (exact) mass is 414 g/mol. The Hall–Kier alpha value is -0.690. The maximum atomic E-state index is 6.27. The highest BCUT2D eigenvalue weighted by molar-refractivity contribution is 14.1. The number of hydrogen-bond donors (Lipinski definition) is 1. The molecule has 1 atom stereocenters. The molecule has 0 saturated heterocycles. The third-order valence-corrected chi connectivity index (χ3v) is 5.74. The second-order valence-electron chi connectivity index (χ2n) is 4.56. The van der Waals surface area contributed by atoms with E-state index in [2.05, 4.69) is 33.6 Å². The van der Waals surface area contributed by atoms with Crippen LogP contribution in [0, 0.1) is 3.57 Å². The van der Waals surface area contributed by atoms with Crippen LogP contribution in [-0.4, -0.2) is 4.98 Å². The van der Waals surface area contributed by atoms with Crippen LogP contribution in [0.3, 0.4) is 0 Å². The fraction of sp³-hybridized carbons (Fsp3) is 0.133. The Balaban J connectivity index is 1.84. The molecule has 3 aromatic rings. The van der Waals surface area contributed by atoms with E-state index in [0.717, 1.165) is 31.1 Å². The Bertz CT molecular complexity index is 723. The summed E-state index contributed by atoms with van der Waals surface area (Å²) in [5.74, 6) is 0. The molecule has 102 valence electrons. The third-order valence-electron chi connectivity index (χ3n) is 3.10. The van der Waals surface area contributed by atoms with Gasteiger partial charge < -0.3 is 5.73 Å². The molecule has 2 N–H and O–H groups in total. The summed E-state index contributed by atoms with van der Waals surface area (Å²) in [6, 6.07) is 14.0. The van der Waals surface area contributed by atoms with E-state index in [1.807, 2.05) is 36.4 Å². The van der Waals surface area contributed by atoms with Gasteiger partial charge in [0.1, 0.15) is 0 Å². The topological polar surface area (TPSA) is 38.9 Å². The largest absolute Gasteiger partial charge is 0.324 e. The summed E-state index contributed by atoms with van der Waals surface area (Å²) < 4.78 is 2.25. The number of hydrogen-bond acceptors (Lipinski definition) is 3. The van der Waals surface area contributed by atoms with Gasteiger partial charge in [-0.3, -0.25) is 0 Å². The SMILES string of the molecule is NC(Cc1nc2ccccc2s1)c1ccc(I)c(Cl)c1. The van der Waals surface area contributed by atoms with Crippen LogP contribution < -0.4 is 5.73 Å². The summed E-state index contributed by atoms with van der Waals surface area (Å²) in [5.41, 5.74) is 8.37. The molecule has 0 aliphatic rings. The lowest BCUT2D eigenvalue weighted by molar-refractivity contribution is 0.719. The molecular formula is C15H12ClIN2S. The zero-order valence-corrected chi connectivity index (χ0v) is 14.2. The minimum atomic E-state index is -0.0786. The lowest BCUT2D eigenvalue weighted by atomic mass is 10.1. The van der Waals surface area contributed by atoms with Crippen LogP contribution in [0.25, 0.3) is 10.2 Å². The molecule has 5 heteroatoms. The summed E-state index contributed by atoms with van der Waals surface area (Å²) >= 11 is 10.1. The maximum Gasteiger partial charge on any atom is 0.0957 e. The van der Waals surface area contributed by atoms with E-state index in [-0.39, 0.29) is 6.04 Å². The molecule has 0 bridgehead atoms. The molecule has 20 heavy (non-hydrogen) atoms. The lowest BCUT2D eigenvalue weighted by Gasteiger charge is -2.11. The first kappa shape index (κ1) is 14.3. The number of rotatable bonds is 3. The van der Waals surface area contributed by atoms with E-state index in [0.29, 0.717) is 0 Å². The quantitative estimate of drug-likeness (QED) is 0.625. The van der Waals surface area contributed by atoms with Gasteiger partial charge in [-0.1, -0.05) is 29.8 Å². The van der Waals surface area contributed by atoms with Crippen molar-refractivity contribution >= 4 is 55.7 Å². The molecule has 2 nitrogen and oxygen atoms in total. The smallest absolute Gasteiger partial charge is 0.0957 e. The van der Waals surface area contributed by atoms with Gasteiger partial charge in [0, 0.05) is 16.0 Å². The van der Waals surface area contributed by atoms with E-state index in [4.69, 9.17) is 17.3 Å². The van der Waals surface area contributed by atoms with Crippen molar-refractivity contribution in [2.24, 2.45) is 5.73 Å². The van der Waals surface area contributed by atoms with Crippen LogP contribution in [0.1, 0.15) is 16.6 Å². The Morgan fingerprint density at radius 2 is 2.05 bits per heavy atom. The normalized spacial score (nSPS) is 12.8. The molecule has 3 rings (SSSR count). The summed E-state index contributed by atoms with van der Waals surface area (Å²) in [7, 11) is 0. The van der Waals surface area contributed by atoms with E-state index in [1.165, 1.54) is 4.70 Å². The van der Waals surface area contributed by atoms with Crippen molar-refractivity contribution in [3.63, 3.8) is 0 Å². The molecule has 0 amide bonds. The number of thiazole rings is 1. The van der Waals surface area contributed by atoms with Crippen LogP contribution in [0.4, 0.5) is 0 Å². The summed E-state index contributed by atoms with van der Waals surface area (Å²) in [5, 5.41) is 1.82. The minimum Gasteiger partial charge on any atom is -0.324 e. The zero-order chi connectivity index (χ0) is 14.1. The molecule has 0 aliphatic carbocycles. The van der Waals surface area contributed by atoms with E-state index in [1.54, 1.807) is 11.3 Å². The molecule has 0 saturated carbocycles. The molecule has 1 aromatic heterocycles. The van der Waals surface area contributed by atoms with Crippen molar-refractivity contribution in [3.05, 3.63) is 61.6 Å². The first-order valence-corrected chi connectivity index (χ1v) is 8.46. The molecule has 1 unspecified atom stereocenters. The first-order valence-electron chi connectivity index (χ1n) is 6.18. The van der Waals surface area contributed by atoms with Gasteiger partial charge in [-0.25, -0.2) is 4.98 Å². The van der Waals surface area contributed by atoms with E-state index < -0.39 is 0 Å². The Kier molecular flexibility index (Phi) is 4.26. The van der Waals surface area contributed by atoms with E-state index in [9.17, 15) is 0 Å². The van der Waals surface area contributed by atoms with Crippen molar-refractivity contribution < 1.29 is 0 Å². The highest BCUT2D eigenvalue weighted by Crippen LogP contribution is 2.27. The summed E-state index contributed by atoms with van der Waals surface area (Å²) in [6.45, 7) is 0. The second-order valence-corrected chi connectivity index (χ2v) is 7.24. The number of nitrogens with two attached hydrogens (primary N) is 1. The molecule has 0 aliphatic heterocycles. The fourth-order valence-electron chi connectivity index (χ4n) is 2.06. The maximum absolute atomic E-state index is 6.27. The van der Waals surface area contributed by atoms with Crippen molar-refractivity contribution in [2.45, 2.75) is 12.5 Å². The van der Waals surface area contributed by atoms with Gasteiger partial charge in [0.15, 0.2) is 0 Å². The van der Waals surface area contributed by atoms with Gasteiger partial charge >= 0.3 is 0 Å². The van der Waals surface area contributed by atoms with Crippen molar-refractivity contribution in [1.82, 2.24) is 4.98 Å². The molecule has 0 fully saturated rings. The number of nitrogens with zero attached hydrogens (tertiary/aromatic N) is 1. The predicted octanol–water partition coefficient (Wildman–Crippen LogP) is 4.80. The van der Waals surface area contributed by atoms with Gasteiger partial charge in [0.05, 0.1) is 20.2 Å². The average Bonchev–Trinajstić information content (AvgIpc) is 2.83. The average molecular weight is 415 g/mol. The van der Waals surface area contributed by atoms with Crippen LogP contribution in [-0.2, 0) is 6.42 Å². The van der Waals surface area contributed by atoms with Gasteiger partial charge in [-0.05, 0) is 52.4 Å². The zero-order valence-electron chi connectivity index (χ0n) is 10.5. The number of halogens is 2. The summed E-state index contributed by atoms with van der Waals surface area (Å²) in [4.78, 5) is 4.62. The number of fused-ring (bicyclic) bond motifs is 1. The van der Waals surface area contributed by atoms with Gasteiger partial charge in [-0.2, -0.15) is 0 Å². The van der Waals surface area contributed by atoms with Crippen molar-refractivity contribution in [2.75, 3.05) is 0 Å². The number of aromatic nitrogens is 1. The molecule has 0 spiro atoms. The Morgan fingerprint density at radius 3 is 2.80 bits per heavy atom. The van der Waals surface area contributed by atoms with Crippen LogP contribution in [0.5, 0.6) is 0 Å². The highest BCUT2D eigenvalue weighted by atomic mass is 127. The van der Waals surface area contributed by atoms with Gasteiger partial charge in [0.25, 0.3) is 0 Å². The van der Waals surface area contributed by atoms with Crippen molar-refractivity contribution in [1.29, 1.82) is 0 Å². The standard InChI is InChI=1S/C15H12ClIN2S/c16-10-7-9(5-6-11(10)17)12(18)8-15-19-13-3-1-2-4-14(13)20-15/h1-7,12H,8,18H2. The molecule has 0 radical (unpaired) electrons. The summed E-state index contributed by atoms with van der Waals surface area (Å²) in [6.07, 6.45) is 0.732. The highest BCUT2D eigenvalue weighted by Gasteiger charge is 2.12. The van der Waals surface area contributed by atoms with E-state index >= 15 is 0 Å². The Morgan fingerprint density at radius 1 is 1.25 bits per heavy atom. The second kappa shape index (κ2) is 5.97. The van der Waals surface area contributed by atoms with Gasteiger partial charge in [-0.15, -0.1) is 11.3 Å².